The van der Waals surface area contributed by atoms with Crippen LogP contribution < -0.4 is 0 Å². The lowest BCUT2D eigenvalue weighted by molar-refractivity contribution is -0.0362. The van der Waals surface area contributed by atoms with Crippen LogP contribution in [0.25, 0.3) is 0 Å². The molecule has 4 rings (SSSR count). The number of rotatable bonds is 2. The van der Waals surface area contributed by atoms with E-state index in [9.17, 15) is 14.7 Å². The summed E-state index contributed by atoms with van der Waals surface area (Å²) in [6.07, 6.45) is 0. The van der Waals surface area contributed by atoms with Gasteiger partial charge in [-0.1, -0.05) is 48.5 Å². The average Bonchev–Trinajstić information content (AvgIpc) is 2.90. The van der Waals surface area contributed by atoms with E-state index >= 15 is 0 Å². The lowest BCUT2D eigenvalue weighted by Gasteiger charge is -2.33. The van der Waals surface area contributed by atoms with E-state index in [4.69, 9.17) is 0 Å². The van der Waals surface area contributed by atoms with E-state index < -0.39 is 17.5 Å². The van der Waals surface area contributed by atoms with Gasteiger partial charge in [0.1, 0.15) is 0 Å². The molecule has 1 aliphatic heterocycles. The average molecular weight is 455 g/mol. The predicted molar refractivity (Wildman–Crippen MR) is 106 cm³/mol. The topological polar surface area (TPSA) is 57.6 Å². The van der Waals surface area contributed by atoms with Crippen molar-refractivity contribution in [2.24, 2.45) is 0 Å². The normalized spacial score (nSPS) is 18.7. The van der Waals surface area contributed by atoms with Crippen LogP contribution in [0, 0.1) is 3.57 Å². The Morgan fingerprint density at radius 3 is 2.19 bits per heavy atom. The first-order valence-electron chi connectivity index (χ1n) is 8.05. The van der Waals surface area contributed by atoms with Gasteiger partial charge in [0, 0.05) is 25.8 Å². The SMILES string of the molecule is O=C(c1ccccc1)N1C(=O)c2ccc(I)cc2C1(O)c1ccccc1. The molecule has 128 valence electrons. The van der Waals surface area contributed by atoms with Gasteiger partial charge >= 0.3 is 0 Å². The number of nitrogens with zero attached hydrogens (tertiary/aromatic N) is 1. The molecule has 0 aliphatic carbocycles. The van der Waals surface area contributed by atoms with E-state index in [1.807, 2.05) is 6.07 Å². The number of halogens is 1. The van der Waals surface area contributed by atoms with Crippen molar-refractivity contribution in [2.75, 3.05) is 0 Å². The third-order valence-corrected chi connectivity index (χ3v) is 5.19. The van der Waals surface area contributed by atoms with Gasteiger partial charge in [-0.25, -0.2) is 4.90 Å². The van der Waals surface area contributed by atoms with Gasteiger partial charge in [0.2, 0.25) is 5.72 Å². The fourth-order valence-electron chi connectivity index (χ4n) is 3.28. The molecule has 3 aromatic rings. The highest BCUT2D eigenvalue weighted by Gasteiger charge is 2.53. The van der Waals surface area contributed by atoms with Gasteiger partial charge in [-0.2, -0.15) is 0 Å². The van der Waals surface area contributed by atoms with Crippen LogP contribution in [0.15, 0.2) is 78.9 Å². The van der Waals surface area contributed by atoms with E-state index in [1.54, 1.807) is 72.8 Å². The molecule has 1 aliphatic rings. The number of benzene rings is 3. The summed E-state index contributed by atoms with van der Waals surface area (Å²) in [4.78, 5) is 27.2. The molecule has 1 unspecified atom stereocenters. The van der Waals surface area contributed by atoms with Gasteiger partial charge in [-0.05, 0) is 52.9 Å². The number of carbonyl (C=O) groups excluding carboxylic acids is 2. The Morgan fingerprint density at radius 2 is 1.54 bits per heavy atom. The van der Waals surface area contributed by atoms with Gasteiger partial charge < -0.3 is 5.11 Å². The van der Waals surface area contributed by atoms with Crippen LogP contribution in [0.2, 0.25) is 0 Å². The van der Waals surface area contributed by atoms with Crippen molar-refractivity contribution in [1.29, 1.82) is 0 Å². The number of aliphatic hydroxyl groups is 1. The second kappa shape index (κ2) is 6.34. The van der Waals surface area contributed by atoms with E-state index in [1.165, 1.54) is 0 Å². The lowest BCUT2D eigenvalue weighted by Crippen LogP contribution is -2.48. The zero-order chi connectivity index (χ0) is 18.3. The van der Waals surface area contributed by atoms with Crippen molar-refractivity contribution >= 4 is 34.4 Å². The highest BCUT2D eigenvalue weighted by atomic mass is 127. The fraction of sp³-hybridized carbons (Fsp3) is 0.0476. The van der Waals surface area contributed by atoms with E-state index in [-0.39, 0.29) is 0 Å². The summed E-state index contributed by atoms with van der Waals surface area (Å²) in [5.74, 6) is -1.04. The minimum absolute atomic E-state index is 0.334. The molecule has 4 nitrogen and oxygen atoms in total. The Balaban J connectivity index is 1.96. The third kappa shape index (κ3) is 2.47. The zero-order valence-electron chi connectivity index (χ0n) is 13.6. The standard InChI is InChI=1S/C21H14INO3/c22-16-11-12-17-18(13-16)21(26,15-9-5-2-6-10-15)23(20(17)25)19(24)14-7-3-1-4-8-14/h1-13,26H. The molecule has 0 spiro atoms. The maximum absolute atomic E-state index is 13.1. The molecular formula is C21H14INO3. The van der Waals surface area contributed by atoms with Crippen LogP contribution in [0.1, 0.15) is 31.8 Å². The second-order valence-corrected chi connectivity index (χ2v) is 7.29. The number of carbonyl (C=O) groups is 2. The molecule has 0 saturated carbocycles. The van der Waals surface area contributed by atoms with Crippen LogP contribution >= 0.6 is 22.6 Å². The monoisotopic (exact) mass is 455 g/mol. The summed E-state index contributed by atoms with van der Waals surface area (Å²) in [5, 5.41) is 11.7. The minimum atomic E-state index is -1.85. The van der Waals surface area contributed by atoms with Gasteiger partial charge in [-0.3, -0.25) is 9.59 Å². The van der Waals surface area contributed by atoms with Crippen molar-refractivity contribution in [3.8, 4) is 0 Å². The summed E-state index contributed by atoms with van der Waals surface area (Å²) in [5.41, 5.74) is -0.274. The Bertz CT molecular complexity index is 1000. The largest absolute Gasteiger partial charge is 0.363 e. The second-order valence-electron chi connectivity index (χ2n) is 6.04. The number of imide groups is 1. The molecule has 1 N–H and O–H groups in total. The molecule has 0 aromatic heterocycles. The Hall–Kier alpha value is -2.51. The number of amides is 2. The molecule has 26 heavy (non-hydrogen) atoms. The van der Waals surface area contributed by atoms with Gasteiger partial charge in [-0.15, -0.1) is 0 Å². The molecule has 0 radical (unpaired) electrons. The molecular weight excluding hydrogens is 441 g/mol. The minimum Gasteiger partial charge on any atom is -0.363 e. The number of fused-ring (bicyclic) bond motifs is 1. The highest BCUT2D eigenvalue weighted by Crippen LogP contribution is 2.43. The lowest BCUT2D eigenvalue weighted by atomic mass is 9.93. The van der Waals surface area contributed by atoms with Crippen molar-refractivity contribution in [3.63, 3.8) is 0 Å². The van der Waals surface area contributed by atoms with Crippen molar-refractivity contribution in [3.05, 3.63) is 105 Å². The van der Waals surface area contributed by atoms with E-state index in [0.29, 0.717) is 22.3 Å². The summed E-state index contributed by atoms with van der Waals surface area (Å²) in [7, 11) is 0. The van der Waals surface area contributed by atoms with Crippen molar-refractivity contribution < 1.29 is 14.7 Å². The summed E-state index contributed by atoms with van der Waals surface area (Å²) < 4.78 is 0.873. The molecule has 0 bridgehead atoms. The first-order valence-corrected chi connectivity index (χ1v) is 9.13. The maximum Gasteiger partial charge on any atom is 0.264 e. The maximum atomic E-state index is 13.1. The van der Waals surface area contributed by atoms with Crippen LogP contribution in [-0.4, -0.2) is 21.8 Å². The molecule has 0 saturated heterocycles. The first-order chi connectivity index (χ1) is 12.5. The van der Waals surface area contributed by atoms with E-state index in [2.05, 4.69) is 22.6 Å². The summed E-state index contributed by atoms with van der Waals surface area (Å²) in [6, 6.07) is 22.5. The quantitative estimate of drug-likeness (QED) is 0.473. The van der Waals surface area contributed by atoms with Crippen molar-refractivity contribution in [1.82, 2.24) is 4.90 Å². The van der Waals surface area contributed by atoms with E-state index in [0.717, 1.165) is 8.47 Å². The smallest absolute Gasteiger partial charge is 0.264 e. The van der Waals surface area contributed by atoms with Crippen LogP contribution in [0.5, 0.6) is 0 Å². The van der Waals surface area contributed by atoms with Crippen molar-refractivity contribution in [2.45, 2.75) is 5.72 Å². The van der Waals surface area contributed by atoms with Gasteiger partial charge in [0.15, 0.2) is 0 Å². The predicted octanol–water partition coefficient (Wildman–Crippen LogP) is 3.78. The van der Waals surface area contributed by atoms with Crippen LogP contribution in [0.3, 0.4) is 0 Å². The molecule has 0 fully saturated rings. The van der Waals surface area contributed by atoms with Crippen LogP contribution in [-0.2, 0) is 5.72 Å². The third-order valence-electron chi connectivity index (χ3n) is 4.51. The molecule has 1 heterocycles. The van der Waals surface area contributed by atoms with Gasteiger partial charge in [0.05, 0.1) is 0 Å². The number of hydrogen-bond donors (Lipinski definition) is 1. The Kier molecular flexibility index (Phi) is 4.13. The molecule has 2 amide bonds. The summed E-state index contributed by atoms with van der Waals surface area (Å²) in [6.45, 7) is 0. The molecule has 1 atom stereocenters. The Labute approximate surface area is 164 Å². The zero-order valence-corrected chi connectivity index (χ0v) is 15.8. The van der Waals surface area contributed by atoms with Crippen LogP contribution in [0.4, 0.5) is 0 Å². The molecule has 3 aromatic carbocycles. The highest BCUT2D eigenvalue weighted by molar-refractivity contribution is 14.1. The van der Waals surface area contributed by atoms with Gasteiger partial charge in [0.25, 0.3) is 11.8 Å². The first kappa shape index (κ1) is 16.9. The number of hydrogen-bond acceptors (Lipinski definition) is 3. The fourth-order valence-corrected chi connectivity index (χ4v) is 3.77. The molecule has 5 heteroatoms. The summed E-state index contributed by atoms with van der Waals surface area (Å²) >= 11 is 2.13. The Morgan fingerprint density at radius 1 is 0.923 bits per heavy atom.